The third-order valence-electron chi connectivity index (χ3n) is 3.73. The lowest BCUT2D eigenvalue weighted by Gasteiger charge is -2.07. The molecule has 0 aromatic heterocycles. The largest absolute Gasteiger partial charge is 0.497 e. The van der Waals surface area contributed by atoms with Crippen LogP contribution in [0.5, 0.6) is 5.75 Å². The van der Waals surface area contributed by atoms with Crippen molar-refractivity contribution in [1.82, 2.24) is 0 Å². The van der Waals surface area contributed by atoms with E-state index in [1.807, 2.05) is 12.3 Å². The molecule has 118 valence electrons. The molecule has 2 aromatic rings. The number of esters is 1. The molecule has 0 saturated carbocycles. The Balaban J connectivity index is 2.08. The summed E-state index contributed by atoms with van der Waals surface area (Å²) in [5, 5.41) is 0. The van der Waals surface area contributed by atoms with Crippen LogP contribution in [0.3, 0.4) is 0 Å². The number of methoxy groups -OCH3 is 1. The molecule has 23 heavy (non-hydrogen) atoms. The predicted molar refractivity (Wildman–Crippen MR) is 88.9 cm³/mol. The zero-order chi connectivity index (χ0) is 16.4. The number of halogens is 1. The maximum Gasteiger partial charge on any atom is 0.339 e. The fourth-order valence-corrected chi connectivity index (χ4v) is 2.99. The van der Waals surface area contributed by atoms with Crippen LogP contribution in [0, 0.1) is 5.82 Å². The van der Waals surface area contributed by atoms with Gasteiger partial charge in [0.1, 0.15) is 18.2 Å². The summed E-state index contributed by atoms with van der Waals surface area (Å²) < 4.78 is 24.3. The van der Waals surface area contributed by atoms with Crippen molar-refractivity contribution in [3.8, 4) is 5.75 Å². The Morgan fingerprint density at radius 2 is 1.83 bits per heavy atom. The summed E-state index contributed by atoms with van der Waals surface area (Å²) in [7, 11) is 1.58. The van der Waals surface area contributed by atoms with E-state index in [1.54, 1.807) is 37.4 Å². The van der Waals surface area contributed by atoms with Crippen LogP contribution in [0.15, 0.2) is 47.4 Å². The number of carbonyl (C=O) groups excluding carboxylic acids is 1. The molecule has 3 rings (SSSR count). The van der Waals surface area contributed by atoms with E-state index in [0.717, 1.165) is 5.56 Å². The minimum atomic E-state index is -0.389. The van der Waals surface area contributed by atoms with Gasteiger partial charge in [-0.25, -0.2) is 9.18 Å². The van der Waals surface area contributed by atoms with Gasteiger partial charge in [0.2, 0.25) is 0 Å². The van der Waals surface area contributed by atoms with Gasteiger partial charge in [0.05, 0.1) is 12.7 Å². The van der Waals surface area contributed by atoms with Crippen LogP contribution in [0.25, 0.3) is 11.1 Å². The first-order valence-corrected chi connectivity index (χ1v) is 8.25. The number of hydrogen-bond donors (Lipinski definition) is 0. The first kappa shape index (κ1) is 15.6. The monoisotopic (exact) mass is 330 g/mol. The molecule has 0 unspecified atom stereocenters. The highest BCUT2D eigenvalue weighted by molar-refractivity contribution is 7.98. The molecule has 0 saturated heterocycles. The molecule has 0 radical (unpaired) electrons. The predicted octanol–water partition coefficient (Wildman–Crippen LogP) is 4.02. The van der Waals surface area contributed by atoms with Crippen LogP contribution in [0.1, 0.15) is 11.1 Å². The van der Waals surface area contributed by atoms with Gasteiger partial charge in [0, 0.05) is 10.5 Å². The Bertz CT molecular complexity index is 781. The molecule has 2 aromatic carbocycles. The molecular weight excluding hydrogens is 315 g/mol. The van der Waals surface area contributed by atoms with E-state index >= 15 is 0 Å². The summed E-state index contributed by atoms with van der Waals surface area (Å²) >= 11 is 1.35. The van der Waals surface area contributed by atoms with E-state index < -0.39 is 0 Å². The molecule has 0 amide bonds. The highest BCUT2D eigenvalue weighted by Crippen LogP contribution is 2.34. The van der Waals surface area contributed by atoms with Gasteiger partial charge in [-0.05, 0) is 41.6 Å². The zero-order valence-electron chi connectivity index (χ0n) is 12.8. The molecule has 0 bridgehead atoms. The molecule has 1 aliphatic rings. The van der Waals surface area contributed by atoms with Crippen molar-refractivity contribution < 1.29 is 18.7 Å². The first-order chi connectivity index (χ1) is 11.1. The van der Waals surface area contributed by atoms with Crippen molar-refractivity contribution in [1.29, 1.82) is 0 Å². The van der Waals surface area contributed by atoms with E-state index in [1.165, 1.54) is 17.8 Å². The summed E-state index contributed by atoms with van der Waals surface area (Å²) in [5.41, 5.74) is 2.57. The zero-order valence-corrected chi connectivity index (χ0v) is 13.6. The minimum absolute atomic E-state index is 0.151. The number of benzene rings is 2. The third-order valence-corrected chi connectivity index (χ3v) is 4.50. The van der Waals surface area contributed by atoms with Gasteiger partial charge in [-0.15, -0.1) is 11.8 Å². The van der Waals surface area contributed by atoms with Crippen LogP contribution < -0.4 is 4.74 Å². The van der Waals surface area contributed by atoms with Gasteiger partial charge in [0.25, 0.3) is 0 Å². The third kappa shape index (κ3) is 2.97. The van der Waals surface area contributed by atoms with Crippen LogP contribution in [-0.4, -0.2) is 25.9 Å². The molecule has 1 aliphatic heterocycles. The van der Waals surface area contributed by atoms with Crippen molar-refractivity contribution in [3.63, 3.8) is 0 Å². The second-order valence-corrected chi connectivity index (χ2v) is 5.86. The van der Waals surface area contributed by atoms with E-state index in [2.05, 4.69) is 0 Å². The smallest absolute Gasteiger partial charge is 0.339 e. The maximum atomic E-state index is 14.0. The van der Waals surface area contributed by atoms with Gasteiger partial charge >= 0.3 is 5.97 Å². The molecule has 0 atom stereocenters. The fraction of sp³-hybridized carbons (Fsp3) is 0.167. The lowest BCUT2D eigenvalue weighted by atomic mass is 9.96. The number of thioether (sulfide) groups is 1. The summed E-state index contributed by atoms with van der Waals surface area (Å²) in [6, 6.07) is 12.1. The number of rotatable bonds is 4. The topological polar surface area (TPSA) is 35.5 Å². The van der Waals surface area contributed by atoms with Crippen LogP contribution in [-0.2, 0) is 9.53 Å². The molecule has 5 heteroatoms. The quantitative estimate of drug-likeness (QED) is 0.626. The highest BCUT2D eigenvalue weighted by Gasteiger charge is 2.27. The second-order valence-electron chi connectivity index (χ2n) is 5.01. The number of cyclic esters (lactones) is 1. The first-order valence-electron chi connectivity index (χ1n) is 7.02. The van der Waals surface area contributed by atoms with Gasteiger partial charge in [0.15, 0.2) is 0 Å². The SMILES string of the molecule is COc1ccc(C2=C(c3ccc(SC)c(F)c3)COC2=O)cc1. The molecule has 0 N–H and O–H groups in total. The van der Waals surface area contributed by atoms with Gasteiger partial charge in [-0.2, -0.15) is 0 Å². The Morgan fingerprint density at radius 1 is 1.13 bits per heavy atom. The van der Waals surface area contributed by atoms with Crippen molar-refractivity contribution in [2.45, 2.75) is 4.90 Å². The molecule has 3 nitrogen and oxygen atoms in total. The van der Waals surface area contributed by atoms with E-state index in [0.29, 0.717) is 27.4 Å². The van der Waals surface area contributed by atoms with Gasteiger partial charge in [-0.1, -0.05) is 18.2 Å². The average molecular weight is 330 g/mol. The normalized spacial score (nSPS) is 14.1. The van der Waals surface area contributed by atoms with E-state index in [-0.39, 0.29) is 18.4 Å². The molecule has 0 fully saturated rings. The summed E-state index contributed by atoms with van der Waals surface area (Å²) in [6.07, 6.45) is 1.82. The van der Waals surface area contributed by atoms with Crippen molar-refractivity contribution in [2.75, 3.05) is 20.0 Å². The van der Waals surface area contributed by atoms with Crippen LogP contribution >= 0.6 is 11.8 Å². The van der Waals surface area contributed by atoms with E-state index in [9.17, 15) is 9.18 Å². The number of ether oxygens (including phenoxy) is 2. The number of carbonyl (C=O) groups is 1. The standard InChI is InChI=1S/C18H15FO3S/c1-21-13-6-3-11(4-7-13)17-14(10-22-18(17)20)12-5-8-16(23-2)15(19)9-12/h3-9H,10H2,1-2H3. The van der Waals surface area contributed by atoms with Gasteiger partial charge < -0.3 is 9.47 Å². The van der Waals surface area contributed by atoms with E-state index in [4.69, 9.17) is 9.47 Å². The Kier molecular flexibility index (Phi) is 4.39. The molecule has 0 spiro atoms. The highest BCUT2D eigenvalue weighted by atomic mass is 32.2. The Labute approximate surface area is 138 Å². The van der Waals surface area contributed by atoms with Crippen molar-refractivity contribution in [2.24, 2.45) is 0 Å². The van der Waals surface area contributed by atoms with Crippen molar-refractivity contribution >= 4 is 28.9 Å². The van der Waals surface area contributed by atoms with Crippen molar-refractivity contribution in [3.05, 3.63) is 59.4 Å². The Morgan fingerprint density at radius 3 is 2.43 bits per heavy atom. The minimum Gasteiger partial charge on any atom is -0.497 e. The van der Waals surface area contributed by atoms with Gasteiger partial charge in [-0.3, -0.25) is 0 Å². The molecular formula is C18H15FO3S. The average Bonchev–Trinajstić information content (AvgIpc) is 2.96. The lowest BCUT2D eigenvalue weighted by molar-refractivity contribution is -0.133. The maximum absolute atomic E-state index is 14.0. The van der Waals surface area contributed by atoms with Crippen LogP contribution in [0.2, 0.25) is 0 Å². The molecule has 0 aliphatic carbocycles. The van der Waals surface area contributed by atoms with Crippen LogP contribution in [0.4, 0.5) is 4.39 Å². The summed E-state index contributed by atoms with van der Waals surface area (Å²) in [4.78, 5) is 12.7. The summed E-state index contributed by atoms with van der Waals surface area (Å²) in [5.74, 6) is 0.0214. The molecule has 1 heterocycles. The summed E-state index contributed by atoms with van der Waals surface area (Å²) in [6.45, 7) is 0.151. The number of hydrogen-bond acceptors (Lipinski definition) is 4. The lowest BCUT2D eigenvalue weighted by Crippen LogP contribution is -1.98. The fourth-order valence-electron chi connectivity index (χ4n) is 2.54. The second kappa shape index (κ2) is 6.46. The Hall–Kier alpha value is -2.27.